The van der Waals surface area contributed by atoms with E-state index in [0.717, 1.165) is 58.3 Å². The fourth-order valence-electron chi connectivity index (χ4n) is 4.84. The van der Waals surface area contributed by atoms with E-state index in [9.17, 15) is 14.3 Å². The molecule has 3 fully saturated rings. The monoisotopic (exact) mass is 390 g/mol. The average Bonchev–Trinajstić information content (AvgIpc) is 3.08. The van der Waals surface area contributed by atoms with Crippen LogP contribution in [0.1, 0.15) is 48.0 Å². The number of ether oxygens (including phenoxy) is 1. The molecule has 28 heavy (non-hydrogen) atoms. The molecule has 3 aliphatic rings. The fraction of sp³-hybridized carbons (Fsp3) is 0.682. The fourth-order valence-corrected chi connectivity index (χ4v) is 4.84. The molecule has 1 spiro atoms. The standard InChI is InChI=1S/C22H31FN2O3/c1-16-2-3-17(12-20(16)23)21(27)25-10-6-22(7-11-25)13-19(28-15-22)14-24-8-4-18(26)5-9-24/h2-3,12,18-19,26H,4-11,13-15H2,1H3. The number of benzene rings is 1. The highest BCUT2D eigenvalue weighted by Gasteiger charge is 2.43. The summed E-state index contributed by atoms with van der Waals surface area (Å²) in [6.45, 7) is 6.74. The SMILES string of the molecule is Cc1ccc(C(=O)N2CCC3(CC2)COC(CN2CCC(O)CC2)C3)cc1F. The van der Waals surface area contributed by atoms with E-state index in [2.05, 4.69) is 4.90 Å². The molecule has 3 saturated heterocycles. The maximum Gasteiger partial charge on any atom is 0.253 e. The van der Waals surface area contributed by atoms with E-state index in [0.29, 0.717) is 24.2 Å². The van der Waals surface area contributed by atoms with Gasteiger partial charge in [-0.15, -0.1) is 0 Å². The molecule has 1 unspecified atom stereocenters. The molecular formula is C22H31FN2O3. The maximum absolute atomic E-state index is 13.8. The predicted octanol–water partition coefficient (Wildman–Crippen LogP) is 2.60. The van der Waals surface area contributed by atoms with Crippen LogP contribution in [0.5, 0.6) is 0 Å². The molecule has 4 rings (SSSR count). The van der Waals surface area contributed by atoms with Crippen molar-refractivity contribution in [3.05, 3.63) is 35.1 Å². The lowest BCUT2D eigenvalue weighted by atomic mass is 9.76. The van der Waals surface area contributed by atoms with E-state index in [4.69, 9.17) is 4.74 Å². The van der Waals surface area contributed by atoms with Crippen molar-refractivity contribution in [2.75, 3.05) is 39.3 Å². The first-order chi connectivity index (χ1) is 13.4. The van der Waals surface area contributed by atoms with Crippen molar-refractivity contribution in [1.82, 2.24) is 9.80 Å². The van der Waals surface area contributed by atoms with Crippen LogP contribution in [0.2, 0.25) is 0 Å². The number of aliphatic hydroxyl groups is 1. The number of likely N-dealkylation sites (tertiary alicyclic amines) is 2. The zero-order valence-electron chi connectivity index (χ0n) is 16.7. The van der Waals surface area contributed by atoms with Crippen molar-refractivity contribution in [2.24, 2.45) is 5.41 Å². The Labute approximate surface area is 166 Å². The number of nitrogens with zero attached hydrogens (tertiary/aromatic N) is 2. The summed E-state index contributed by atoms with van der Waals surface area (Å²) in [6, 6.07) is 4.74. The number of rotatable bonds is 3. The summed E-state index contributed by atoms with van der Waals surface area (Å²) in [5.41, 5.74) is 1.17. The minimum Gasteiger partial charge on any atom is -0.393 e. The van der Waals surface area contributed by atoms with Crippen molar-refractivity contribution >= 4 is 5.91 Å². The van der Waals surface area contributed by atoms with Crippen molar-refractivity contribution in [1.29, 1.82) is 0 Å². The third kappa shape index (κ3) is 4.24. The molecule has 0 aromatic heterocycles. The van der Waals surface area contributed by atoms with Gasteiger partial charge < -0.3 is 19.6 Å². The van der Waals surface area contributed by atoms with Crippen LogP contribution >= 0.6 is 0 Å². The predicted molar refractivity (Wildman–Crippen MR) is 105 cm³/mol. The van der Waals surface area contributed by atoms with Crippen LogP contribution in [-0.4, -0.2) is 72.4 Å². The second-order valence-corrected chi connectivity index (χ2v) is 8.93. The van der Waals surface area contributed by atoms with Gasteiger partial charge in [0.1, 0.15) is 5.82 Å². The molecule has 3 aliphatic heterocycles. The van der Waals surface area contributed by atoms with E-state index in [1.165, 1.54) is 6.07 Å². The largest absolute Gasteiger partial charge is 0.393 e. The lowest BCUT2D eigenvalue weighted by molar-refractivity contribution is 0.0302. The molecular weight excluding hydrogens is 359 g/mol. The third-order valence-electron chi connectivity index (χ3n) is 6.83. The van der Waals surface area contributed by atoms with Gasteiger partial charge in [0.15, 0.2) is 0 Å². The highest BCUT2D eigenvalue weighted by molar-refractivity contribution is 5.94. The molecule has 0 radical (unpaired) electrons. The zero-order chi connectivity index (χ0) is 19.7. The molecule has 6 heteroatoms. The molecule has 0 saturated carbocycles. The van der Waals surface area contributed by atoms with Crippen molar-refractivity contribution in [3.63, 3.8) is 0 Å². The number of halogens is 1. The van der Waals surface area contributed by atoms with Crippen LogP contribution in [0, 0.1) is 18.2 Å². The number of hydrogen-bond acceptors (Lipinski definition) is 4. The maximum atomic E-state index is 13.8. The van der Waals surface area contributed by atoms with Crippen molar-refractivity contribution < 1.29 is 19.0 Å². The Balaban J connectivity index is 1.29. The van der Waals surface area contributed by atoms with Gasteiger partial charge in [-0.1, -0.05) is 6.07 Å². The summed E-state index contributed by atoms with van der Waals surface area (Å²) in [4.78, 5) is 17.0. The molecule has 1 aromatic carbocycles. The van der Waals surface area contributed by atoms with E-state index in [1.807, 2.05) is 4.90 Å². The first-order valence-electron chi connectivity index (χ1n) is 10.5. The van der Waals surface area contributed by atoms with E-state index in [-0.39, 0.29) is 29.3 Å². The highest BCUT2D eigenvalue weighted by atomic mass is 19.1. The number of carbonyl (C=O) groups is 1. The Morgan fingerprint density at radius 2 is 1.96 bits per heavy atom. The quantitative estimate of drug-likeness (QED) is 0.862. The van der Waals surface area contributed by atoms with Crippen LogP contribution in [-0.2, 0) is 4.74 Å². The van der Waals surface area contributed by atoms with Crippen LogP contribution in [0.25, 0.3) is 0 Å². The smallest absolute Gasteiger partial charge is 0.253 e. The van der Waals surface area contributed by atoms with Crippen LogP contribution in [0.4, 0.5) is 4.39 Å². The average molecular weight is 390 g/mol. The van der Waals surface area contributed by atoms with E-state index < -0.39 is 0 Å². The lowest BCUT2D eigenvalue weighted by Gasteiger charge is -2.38. The molecule has 1 aromatic rings. The number of hydrogen-bond donors (Lipinski definition) is 1. The summed E-state index contributed by atoms with van der Waals surface area (Å²) < 4.78 is 19.9. The topological polar surface area (TPSA) is 53.0 Å². The zero-order valence-corrected chi connectivity index (χ0v) is 16.7. The Morgan fingerprint density at radius 1 is 1.25 bits per heavy atom. The molecule has 1 amide bonds. The van der Waals surface area contributed by atoms with Gasteiger partial charge in [-0.3, -0.25) is 4.79 Å². The second-order valence-electron chi connectivity index (χ2n) is 8.93. The lowest BCUT2D eigenvalue weighted by Crippen LogP contribution is -2.44. The van der Waals surface area contributed by atoms with Gasteiger partial charge in [0, 0.05) is 38.3 Å². The normalized spacial score (nSPS) is 26.1. The third-order valence-corrected chi connectivity index (χ3v) is 6.83. The molecule has 1 N–H and O–H groups in total. The van der Waals surface area contributed by atoms with Crippen LogP contribution in [0.15, 0.2) is 18.2 Å². The molecule has 1 atom stereocenters. The summed E-state index contributed by atoms with van der Waals surface area (Å²) in [5, 5.41) is 9.66. The number of carbonyl (C=O) groups excluding carboxylic acids is 1. The van der Waals surface area contributed by atoms with Crippen LogP contribution in [0.3, 0.4) is 0 Å². The number of piperidine rings is 2. The molecule has 0 aliphatic carbocycles. The van der Waals surface area contributed by atoms with Gasteiger partial charge in [-0.25, -0.2) is 4.39 Å². The number of amides is 1. The molecule has 154 valence electrons. The summed E-state index contributed by atoms with van der Waals surface area (Å²) in [5.74, 6) is -0.396. The molecule has 0 bridgehead atoms. The number of aryl methyl sites for hydroxylation is 1. The minimum atomic E-state index is -0.323. The van der Waals surface area contributed by atoms with E-state index in [1.54, 1.807) is 19.1 Å². The van der Waals surface area contributed by atoms with Gasteiger partial charge in [-0.05, 0) is 62.1 Å². The van der Waals surface area contributed by atoms with Crippen molar-refractivity contribution in [3.8, 4) is 0 Å². The van der Waals surface area contributed by atoms with E-state index >= 15 is 0 Å². The Kier molecular flexibility index (Phi) is 5.72. The molecule has 3 heterocycles. The minimum absolute atomic E-state index is 0.0731. The Hall–Kier alpha value is -1.50. The van der Waals surface area contributed by atoms with Crippen molar-refractivity contribution in [2.45, 2.75) is 51.2 Å². The summed E-state index contributed by atoms with van der Waals surface area (Å²) in [7, 11) is 0. The van der Waals surface area contributed by atoms with Gasteiger partial charge in [0.25, 0.3) is 5.91 Å². The first-order valence-corrected chi connectivity index (χ1v) is 10.5. The van der Waals surface area contributed by atoms with Crippen LogP contribution < -0.4 is 0 Å². The Morgan fingerprint density at radius 3 is 2.64 bits per heavy atom. The summed E-state index contributed by atoms with van der Waals surface area (Å²) >= 11 is 0. The highest BCUT2D eigenvalue weighted by Crippen LogP contribution is 2.42. The number of aliphatic hydroxyl groups excluding tert-OH is 1. The van der Waals surface area contributed by atoms with Gasteiger partial charge in [-0.2, -0.15) is 0 Å². The second kappa shape index (κ2) is 8.09. The van der Waals surface area contributed by atoms with Gasteiger partial charge in [0.2, 0.25) is 0 Å². The summed E-state index contributed by atoms with van der Waals surface area (Å²) in [6.07, 6.45) is 4.76. The Bertz CT molecular complexity index is 710. The first kappa shape index (κ1) is 19.8. The van der Waals surface area contributed by atoms with Gasteiger partial charge >= 0.3 is 0 Å². The van der Waals surface area contributed by atoms with Gasteiger partial charge in [0.05, 0.1) is 18.8 Å². The molecule has 5 nitrogen and oxygen atoms in total.